The first kappa shape index (κ1) is 11.0. The highest BCUT2D eigenvalue weighted by molar-refractivity contribution is 7.08. The molecule has 17 heavy (non-hydrogen) atoms. The van der Waals surface area contributed by atoms with Crippen LogP contribution in [0.5, 0.6) is 11.5 Å². The third-order valence-corrected chi connectivity index (χ3v) is 3.00. The predicted molar refractivity (Wildman–Crippen MR) is 62.5 cm³/mol. The minimum Gasteiger partial charge on any atom is -0.506 e. The van der Waals surface area contributed by atoms with Crippen molar-refractivity contribution >= 4 is 11.3 Å². The summed E-state index contributed by atoms with van der Waals surface area (Å²) in [6, 6.07) is 6.42. The Kier molecular flexibility index (Phi) is 2.70. The van der Waals surface area contributed by atoms with Crippen LogP contribution in [0.2, 0.25) is 0 Å². The van der Waals surface area contributed by atoms with E-state index in [9.17, 15) is 10.2 Å². The minimum atomic E-state index is -0.329. The molecule has 0 saturated heterocycles. The van der Waals surface area contributed by atoms with Gasteiger partial charge in [-0.15, -0.1) is 0 Å². The van der Waals surface area contributed by atoms with Gasteiger partial charge < -0.3 is 10.2 Å². The van der Waals surface area contributed by atoms with E-state index in [1.54, 1.807) is 16.8 Å². The van der Waals surface area contributed by atoms with Gasteiger partial charge in [0.05, 0.1) is 0 Å². The first-order valence-corrected chi connectivity index (χ1v) is 5.55. The molecule has 0 fully saturated rings. The standard InChI is InChI=1S/C12H6N2O2S/c13-4-8-10(15)3-11(16)9(5-14)12(8)7-1-2-17-6-7/h1-3,6,15-16H. The number of hydrogen-bond acceptors (Lipinski definition) is 5. The van der Waals surface area contributed by atoms with Crippen LogP contribution in [0.1, 0.15) is 11.1 Å². The molecule has 0 unspecified atom stereocenters. The van der Waals surface area contributed by atoms with Crippen LogP contribution >= 0.6 is 11.3 Å². The molecule has 0 aliphatic carbocycles. The first-order valence-electron chi connectivity index (χ1n) is 4.60. The molecule has 0 amide bonds. The minimum absolute atomic E-state index is 0.00208. The number of nitriles is 2. The van der Waals surface area contributed by atoms with Crippen LogP contribution in [-0.4, -0.2) is 10.2 Å². The van der Waals surface area contributed by atoms with Crippen molar-refractivity contribution < 1.29 is 10.2 Å². The van der Waals surface area contributed by atoms with Gasteiger partial charge in [0.15, 0.2) is 0 Å². The fraction of sp³-hybridized carbons (Fsp3) is 0. The Labute approximate surface area is 101 Å². The molecule has 82 valence electrons. The molecule has 0 aliphatic heterocycles. The van der Waals surface area contributed by atoms with E-state index in [1.165, 1.54) is 11.3 Å². The van der Waals surface area contributed by atoms with Crippen LogP contribution in [0.25, 0.3) is 11.1 Å². The van der Waals surface area contributed by atoms with Gasteiger partial charge in [0, 0.05) is 11.6 Å². The molecular weight excluding hydrogens is 236 g/mol. The summed E-state index contributed by atoms with van der Waals surface area (Å²) < 4.78 is 0. The Morgan fingerprint density at radius 1 is 1.06 bits per heavy atom. The molecule has 0 bridgehead atoms. The first-order chi connectivity index (χ1) is 8.19. The quantitative estimate of drug-likeness (QED) is 0.804. The Bertz CT molecular complexity index is 610. The van der Waals surface area contributed by atoms with Gasteiger partial charge in [-0.3, -0.25) is 0 Å². The van der Waals surface area contributed by atoms with E-state index in [0.717, 1.165) is 6.07 Å². The van der Waals surface area contributed by atoms with Gasteiger partial charge in [-0.05, 0) is 22.4 Å². The number of benzene rings is 1. The highest BCUT2D eigenvalue weighted by Crippen LogP contribution is 2.38. The van der Waals surface area contributed by atoms with E-state index < -0.39 is 0 Å². The van der Waals surface area contributed by atoms with E-state index in [0.29, 0.717) is 5.56 Å². The van der Waals surface area contributed by atoms with Crippen molar-refractivity contribution in [2.75, 3.05) is 0 Å². The molecule has 5 heteroatoms. The summed E-state index contributed by atoms with van der Waals surface area (Å²) in [6.45, 7) is 0. The normalized spacial score (nSPS) is 9.53. The van der Waals surface area contributed by atoms with E-state index in [-0.39, 0.29) is 28.2 Å². The molecule has 2 rings (SSSR count). The zero-order valence-corrected chi connectivity index (χ0v) is 9.32. The molecule has 4 nitrogen and oxygen atoms in total. The summed E-state index contributed by atoms with van der Waals surface area (Å²) in [7, 11) is 0. The second-order valence-corrected chi connectivity index (χ2v) is 4.06. The van der Waals surface area contributed by atoms with Crippen molar-refractivity contribution in [3.63, 3.8) is 0 Å². The van der Waals surface area contributed by atoms with Crippen LogP contribution in [-0.2, 0) is 0 Å². The molecule has 0 spiro atoms. The lowest BCUT2D eigenvalue weighted by Gasteiger charge is -2.08. The van der Waals surface area contributed by atoms with Gasteiger partial charge in [-0.2, -0.15) is 21.9 Å². The van der Waals surface area contributed by atoms with Gasteiger partial charge in [-0.25, -0.2) is 0 Å². The number of aromatic hydroxyl groups is 2. The number of nitrogens with zero attached hydrogens (tertiary/aromatic N) is 2. The number of thiophene rings is 1. The largest absolute Gasteiger partial charge is 0.506 e. The molecule has 1 heterocycles. The number of phenolic OH excluding ortho intramolecular Hbond substituents is 2. The summed E-state index contributed by atoms with van der Waals surface area (Å²) in [6.07, 6.45) is 0. The average Bonchev–Trinajstić information content (AvgIpc) is 2.81. The molecule has 0 radical (unpaired) electrons. The smallest absolute Gasteiger partial charge is 0.137 e. The highest BCUT2D eigenvalue weighted by Gasteiger charge is 2.19. The maximum atomic E-state index is 9.60. The number of hydrogen-bond donors (Lipinski definition) is 2. The molecule has 2 aromatic rings. The topological polar surface area (TPSA) is 88.0 Å². The average molecular weight is 242 g/mol. The number of rotatable bonds is 1. The van der Waals surface area contributed by atoms with Crippen LogP contribution in [0.3, 0.4) is 0 Å². The summed E-state index contributed by atoms with van der Waals surface area (Å²) in [4.78, 5) is 0. The molecule has 2 N–H and O–H groups in total. The molecule has 0 atom stereocenters. The van der Waals surface area contributed by atoms with Gasteiger partial charge in [-0.1, -0.05) is 0 Å². The molecule has 0 aliphatic rings. The Morgan fingerprint density at radius 2 is 1.65 bits per heavy atom. The van der Waals surface area contributed by atoms with E-state index >= 15 is 0 Å². The molecule has 1 aromatic heterocycles. The fourth-order valence-corrected chi connectivity index (χ4v) is 2.22. The van der Waals surface area contributed by atoms with Crippen LogP contribution in [0.15, 0.2) is 22.9 Å². The highest BCUT2D eigenvalue weighted by atomic mass is 32.1. The van der Waals surface area contributed by atoms with Crippen molar-refractivity contribution in [2.45, 2.75) is 0 Å². The lowest BCUT2D eigenvalue weighted by molar-refractivity contribution is 0.449. The summed E-state index contributed by atoms with van der Waals surface area (Å²) in [5.41, 5.74) is 0.901. The van der Waals surface area contributed by atoms with E-state index in [4.69, 9.17) is 10.5 Å². The van der Waals surface area contributed by atoms with Gasteiger partial charge in [0.25, 0.3) is 0 Å². The van der Waals surface area contributed by atoms with Crippen LogP contribution in [0.4, 0.5) is 0 Å². The maximum Gasteiger partial charge on any atom is 0.137 e. The SMILES string of the molecule is N#Cc1c(O)cc(O)c(C#N)c1-c1ccsc1. The maximum absolute atomic E-state index is 9.60. The molecule has 1 aromatic carbocycles. The molecule has 0 saturated carbocycles. The van der Waals surface area contributed by atoms with E-state index in [2.05, 4.69) is 0 Å². The summed E-state index contributed by atoms with van der Waals surface area (Å²) >= 11 is 1.40. The monoisotopic (exact) mass is 242 g/mol. The third-order valence-electron chi connectivity index (χ3n) is 2.32. The van der Waals surface area contributed by atoms with Gasteiger partial charge >= 0.3 is 0 Å². The van der Waals surface area contributed by atoms with Crippen molar-refractivity contribution in [1.82, 2.24) is 0 Å². The number of phenols is 2. The van der Waals surface area contributed by atoms with Crippen molar-refractivity contribution in [2.24, 2.45) is 0 Å². The second kappa shape index (κ2) is 4.17. The molecular formula is C12H6N2O2S. The third kappa shape index (κ3) is 1.69. The lowest BCUT2D eigenvalue weighted by atomic mass is 9.96. The Morgan fingerprint density at radius 3 is 2.06 bits per heavy atom. The van der Waals surface area contributed by atoms with Crippen LogP contribution in [0, 0.1) is 22.7 Å². The zero-order valence-electron chi connectivity index (χ0n) is 8.51. The predicted octanol–water partition coefficient (Wildman–Crippen LogP) is 2.57. The fourth-order valence-electron chi connectivity index (χ4n) is 1.58. The summed E-state index contributed by atoms with van der Waals surface area (Å²) in [5, 5.41) is 40.8. The second-order valence-electron chi connectivity index (χ2n) is 3.28. The zero-order chi connectivity index (χ0) is 12.4. The Balaban J connectivity index is 2.89. The van der Waals surface area contributed by atoms with Gasteiger partial charge in [0.1, 0.15) is 34.8 Å². The van der Waals surface area contributed by atoms with Crippen molar-refractivity contribution in [3.8, 4) is 34.8 Å². The van der Waals surface area contributed by atoms with Crippen LogP contribution < -0.4 is 0 Å². The lowest BCUT2D eigenvalue weighted by Crippen LogP contribution is -1.90. The summed E-state index contributed by atoms with van der Waals surface area (Å²) in [5.74, 6) is -0.657. The Hall–Kier alpha value is -2.50. The van der Waals surface area contributed by atoms with Crippen molar-refractivity contribution in [3.05, 3.63) is 34.0 Å². The van der Waals surface area contributed by atoms with Gasteiger partial charge in [0.2, 0.25) is 0 Å². The van der Waals surface area contributed by atoms with Crippen molar-refractivity contribution in [1.29, 1.82) is 10.5 Å². The van der Waals surface area contributed by atoms with E-state index in [1.807, 2.05) is 12.1 Å².